The minimum atomic E-state index is 0.844. The summed E-state index contributed by atoms with van der Waals surface area (Å²) in [6.45, 7) is 6.25. The van der Waals surface area contributed by atoms with E-state index in [0.717, 1.165) is 11.8 Å². The summed E-state index contributed by atoms with van der Waals surface area (Å²) in [7, 11) is 0. The van der Waals surface area contributed by atoms with E-state index in [1.165, 1.54) is 90.3 Å². The van der Waals surface area contributed by atoms with Crippen LogP contribution in [0.4, 0.5) is 0 Å². The number of halogens is 1. The molecule has 0 aromatic rings. The van der Waals surface area contributed by atoms with Gasteiger partial charge in [0.25, 0.3) is 0 Å². The van der Waals surface area contributed by atoms with E-state index >= 15 is 0 Å². The fraction of sp³-hybridized carbons (Fsp3) is 1.00. The molecule has 1 atom stereocenters. The first-order valence-corrected chi connectivity index (χ1v) is 9.18. The minimum Gasteiger partial charge on any atom is -0.303 e. The van der Waals surface area contributed by atoms with Gasteiger partial charge in [-0.05, 0) is 44.7 Å². The number of hydrogen-bond donors (Lipinski definition) is 0. The van der Waals surface area contributed by atoms with Crippen LogP contribution in [0.25, 0.3) is 0 Å². The molecule has 1 aliphatic rings. The fourth-order valence-electron chi connectivity index (χ4n) is 3.21. The zero-order chi connectivity index (χ0) is 13.8. The maximum atomic E-state index is 5.86. The van der Waals surface area contributed by atoms with Crippen molar-refractivity contribution >= 4 is 11.6 Å². The normalized spacial score (nSPS) is 20.8. The maximum absolute atomic E-state index is 5.86. The Morgan fingerprint density at radius 1 is 1.00 bits per heavy atom. The third-order valence-electron chi connectivity index (χ3n) is 4.45. The fourth-order valence-corrected chi connectivity index (χ4v) is 3.52. The van der Waals surface area contributed by atoms with E-state index in [-0.39, 0.29) is 0 Å². The van der Waals surface area contributed by atoms with Gasteiger partial charge in [-0.25, -0.2) is 0 Å². The van der Waals surface area contributed by atoms with Crippen LogP contribution in [0.2, 0.25) is 0 Å². The van der Waals surface area contributed by atoms with Gasteiger partial charge in [-0.2, -0.15) is 0 Å². The highest BCUT2D eigenvalue weighted by Crippen LogP contribution is 2.20. The minimum absolute atomic E-state index is 0.844. The number of alkyl halides is 1. The highest BCUT2D eigenvalue weighted by Gasteiger charge is 2.18. The van der Waals surface area contributed by atoms with Gasteiger partial charge < -0.3 is 4.90 Å². The lowest BCUT2D eigenvalue weighted by Gasteiger charge is -2.32. The van der Waals surface area contributed by atoms with Crippen LogP contribution in [0.3, 0.4) is 0 Å². The van der Waals surface area contributed by atoms with E-state index in [2.05, 4.69) is 11.8 Å². The van der Waals surface area contributed by atoms with Gasteiger partial charge in [0.2, 0.25) is 0 Å². The SMILES string of the molecule is CCCCCCCCCCN1CCCC(CCCl)C1. The lowest BCUT2D eigenvalue weighted by atomic mass is 9.95. The Hall–Kier alpha value is 0.250. The van der Waals surface area contributed by atoms with Crippen molar-refractivity contribution in [2.75, 3.05) is 25.5 Å². The zero-order valence-corrected chi connectivity index (χ0v) is 13.8. The second kappa shape index (κ2) is 12.0. The molecule has 0 aliphatic carbocycles. The number of unbranched alkanes of at least 4 members (excludes halogenated alkanes) is 7. The van der Waals surface area contributed by atoms with Crippen molar-refractivity contribution < 1.29 is 0 Å². The first kappa shape index (κ1) is 17.3. The van der Waals surface area contributed by atoms with Crippen LogP contribution in [-0.4, -0.2) is 30.4 Å². The van der Waals surface area contributed by atoms with Crippen LogP contribution in [0.1, 0.15) is 77.6 Å². The number of piperidine rings is 1. The number of nitrogens with zero attached hydrogens (tertiary/aromatic N) is 1. The Bertz CT molecular complexity index is 194. The molecule has 0 saturated carbocycles. The van der Waals surface area contributed by atoms with Gasteiger partial charge in [0.1, 0.15) is 0 Å². The first-order valence-electron chi connectivity index (χ1n) is 8.65. The molecule has 0 spiro atoms. The lowest BCUT2D eigenvalue weighted by molar-refractivity contribution is 0.169. The summed E-state index contributed by atoms with van der Waals surface area (Å²) >= 11 is 5.86. The molecule has 1 saturated heterocycles. The largest absolute Gasteiger partial charge is 0.303 e. The predicted octanol–water partition coefficient (Wildman–Crippen LogP) is 5.47. The molecule has 1 unspecified atom stereocenters. The highest BCUT2D eigenvalue weighted by atomic mass is 35.5. The van der Waals surface area contributed by atoms with Crippen molar-refractivity contribution in [3.63, 3.8) is 0 Å². The first-order chi connectivity index (χ1) is 9.36. The quantitative estimate of drug-likeness (QED) is 0.360. The molecule has 1 nitrogen and oxygen atoms in total. The maximum Gasteiger partial charge on any atom is 0.0226 e. The number of rotatable bonds is 11. The summed E-state index contributed by atoms with van der Waals surface area (Å²) in [5, 5.41) is 0. The number of hydrogen-bond acceptors (Lipinski definition) is 1. The summed E-state index contributed by atoms with van der Waals surface area (Å²) in [4.78, 5) is 2.68. The predicted molar refractivity (Wildman–Crippen MR) is 87.1 cm³/mol. The summed E-state index contributed by atoms with van der Waals surface area (Å²) in [5.41, 5.74) is 0. The van der Waals surface area contributed by atoms with E-state index < -0.39 is 0 Å². The third kappa shape index (κ3) is 8.92. The Labute approximate surface area is 126 Å². The molecule has 0 aromatic carbocycles. The molecule has 1 rings (SSSR count). The van der Waals surface area contributed by atoms with E-state index in [4.69, 9.17) is 11.6 Å². The van der Waals surface area contributed by atoms with Gasteiger partial charge in [0, 0.05) is 12.4 Å². The van der Waals surface area contributed by atoms with Gasteiger partial charge in [-0.15, -0.1) is 11.6 Å². The monoisotopic (exact) mass is 287 g/mol. The van der Waals surface area contributed by atoms with Crippen LogP contribution in [0.15, 0.2) is 0 Å². The summed E-state index contributed by atoms with van der Waals surface area (Å²) in [5.74, 6) is 1.72. The molecule has 0 aromatic heterocycles. The molecule has 114 valence electrons. The van der Waals surface area contributed by atoms with Gasteiger partial charge in [0.15, 0.2) is 0 Å². The average Bonchev–Trinajstić information content (AvgIpc) is 2.43. The smallest absolute Gasteiger partial charge is 0.0226 e. The highest BCUT2D eigenvalue weighted by molar-refractivity contribution is 6.17. The lowest BCUT2D eigenvalue weighted by Crippen LogP contribution is -2.36. The molecule has 0 N–H and O–H groups in total. The Balaban J connectivity index is 1.91. The van der Waals surface area contributed by atoms with Crippen molar-refractivity contribution in [3.8, 4) is 0 Å². The Morgan fingerprint density at radius 3 is 2.37 bits per heavy atom. The summed E-state index contributed by atoms with van der Waals surface area (Å²) < 4.78 is 0. The molecule has 0 amide bonds. The molecular formula is C17H34ClN. The molecule has 19 heavy (non-hydrogen) atoms. The van der Waals surface area contributed by atoms with Crippen molar-refractivity contribution in [1.29, 1.82) is 0 Å². The average molecular weight is 288 g/mol. The van der Waals surface area contributed by atoms with Gasteiger partial charge in [-0.1, -0.05) is 51.9 Å². The Morgan fingerprint density at radius 2 is 1.68 bits per heavy atom. The summed E-state index contributed by atoms with van der Waals surface area (Å²) in [6.07, 6.45) is 15.4. The van der Waals surface area contributed by atoms with Crippen molar-refractivity contribution in [2.24, 2.45) is 5.92 Å². The molecule has 2 heteroatoms. The second-order valence-corrected chi connectivity index (χ2v) is 6.64. The molecule has 1 heterocycles. The Kier molecular flexibility index (Phi) is 11.0. The van der Waals surface area contributed by atoms with E-state index in [9.17, 15) is 0 Å². The van der Waals surface area contributed by atoms with Gasteiger partial charge in [-0.3, -0.25) is 0 Å². The third-order valence-corrected chi connectivity index (χ3v) is 4.67. The van der Waals surface area contributed by atoms with Crippen LogP contribution in [0, 0.1) is 5.92 Å². The van der Waals surface area contributed by atoms with Gasteiger partial charge in [0.05, 0.1) is 0 Å². The molecule has 0 bridgehead atoms. The molecule has 0 radical (unpaired) electrons. The van der Waals surface area contributed by atoms with Crippen LogP contribution >= 0.6 is 11.6 Å². The van der Waals surface area contributed by atoms with Crippen LogP contribution in [-0.2, 0) is 0 Å². The number of likely N-dealkylation sites (tertiary alicyclic amines) is 1. The zero-order valence-electron chi connectivity index (χ0n) is 13.0. The molecule has 1 fully saturated rings. The van der Waals surface area contributed by atoms with E-state index in [0.29, 0.717) is 0 Å². The summed E-state index contributed by atoms with van der Waals surface area (Å²) in [6, 6.07) is 0. The van der Waals surface area contributed by atoms with Crippen LogP contribution in [0.5, 0.6) is 0 Å². The van der Waals surface area contributed by atoms with Crippen LogP contribution < -0.4 is 0 Å². The van der Waals surface area contributed by atoms with Crippen molar-refractivity contribution in [2.45, 2.75) is 77.6 Å². The van der Waals surface area contributed by atoms with Crippen molar-refractivity contribution in [1.82, 2.24) is 4.90 Å². The van der Waals surface area contributed by atoms with E-state index in [1.807, 2.05) is 0 Å². The molecule has 1 aliphatic heterocycles. The van der Waals surface area contributed by atoms with Crippen molar-refractivity contribution in [3.05, 3.63) is 0 Å². The standard InChI is InChI=1S/C17H34ClN/c1-2-3-4-5-6-7-8-9-14-19-15-10-11-17(16-19)12-13-18/h17H,2-16H2,1H3. The van der Waals surface area contributed by atoms with E-state index in [1.54, 1.807) is 0 Å². The van der Waals surface area contributed by atoms with Gasteiger partial charge >= 0.3 is 0 Å². The second-order valence-electron chi connectivity index (χ2n) is 6.26. The molecular weight excluding hydrogens is 254 g/mol. The topological polar surface area (TPSA) is 3.24 Å².